The predicted octanol–water partition coefficient (Wildman–Crippen LogP) is 2.72. The Hall–Kier alpha value is -2.49. The molecule has 1 aromatic carbocycles. The lowest BCUT2D eigenvalue weighted by molar-refractivity contribution is -0.140. The summed E-state index contributed by atoms with van der Waals surface area (Å²) in [4.78, 5) is 36.2. The number of hydrogen-bond acceptors (Lipinski definition) is 4. The number of aliphatic imine (C=N–C) groups is 1. The van der Waals surface area contributed by atoms with Crippen LogP contribution in [-0.4, -0.2) is 47.3 Å². The maximum atomic E-state index is 12.8. The number of hydrogen-bond donors (Lipinski definition) is 2. The highest BCUT2D eigenvalue weighted by molar-refractivity contribution is 14.0. The quantitative estimate of drug-likeness (QED) is 0.192. The first-order chi connectivity index (χ1) is 15.2. The smallest absolute Gasteiger partial charge is 0.233 e. The summed E-state index contributed by atoms with van der Waals surface area (Å²) in [5.41, 5.74) is 2.05. The summed E-state index contributed by atoms with van der Waals surface area (Å²) in [6.45, 7) is 4.09. The number of pyridine rings is 1. The normalized spacial score (nSPS) is 25.9. The van der Waals surface area contributed by atoms with Crippen LogP contribution < -0.4 is 10.6 Å². The summed E-state index contributed by atoms with van der Waals surface area (Å²) in [5, 5.41) is 7.60. The summed E-state index contributed by atoms with van der Waals surface area (Å²) in [6.07, 6.45) is 7.01. The van der Waals surface area contributed by atoms with Crippen molar-refractivity contribution in [2.24, 2.45) is 28.7 Å². The molecule has 2 aromatic rings. The van der Waals surface area contributed by atoms with Crippen molar-refractivity contribution in [3.05, 3.63) is 54.2 Å². The minimum Gasteiger partial charge on any atom is -0.357 e. The molecule has 4 unspecified atom stereocenters. The van der Waals surface area contributed by atoms with Gasteiger partial charge in [-0.05, 0) is 42.9 Å². The van der Waals surface area contributed by atoms with E-state index in [0.29, 0.717) is 25.6 Å². The molecule has 2 aliphatic carbocycles. The van der Waals surface area contributed by atoms with Crippen LogP contribution in [0.4, 0.5) is 0 Å². The standard InChI is InChI=1S/C24H27N5O2.HI/c1-2-25-24(28-14-17-9-10-26-19-6-4-3-5-18(17)19)27-11-12-29-22(30)20-15-7-8-16(13-15)21(20)23(29)31;/h3-10,15-16,20-21H,2,11-14H2,1H3,(H2,25,27,28);1H. The van der Waals surface area contributed by atoms with Crippen LogP contribution in [0.3, 0.4) is 0 Å². The number of rotatable bonds is 6. The molecule has 168 valence electrons. The Morgan fingerprint density at radius 2 is 1.81 bits per heavy atom. The molecular weight excluding hydrogens is 517 g/mol. The number of carbonyl (C=O) groups is 2. The van der Waals surface area contributed by atoms with E-state index < -0.39 is 0 Å². The van der Waals surface area contributed by atoms with Gasteiger partial charge >= 0.3 is 0 Å². The van der Waals surface area contributed by atoms with E-state index >= 15 is 0 Å². The number of imide groups is 1. The Labute approximate surface area is 204 Å². The van der Waals surface area contributed by atoms with Crippen molar-refractivity contribution in [3.8, 4) is 0 Å². The molecule has 3 aliphatic rings. The molecule has 0 spiro atoms. The lowest BCUT2D eigenvalue weighted by atomic mass is 9.85. The number of nitrogens with zero attached hydrogens (tertiary/aromatic N) is 3. The average molecular weight is 545 g/mol. The van der Waals surface area contributed by atoms with Crippen LogP contribution in [0.25, 0.3) is 10.9 Å². The summed E-state index contributed by atoms with van der Waals surface area (Å²) < 4.78 is 0. The van der Waals surface area contributed by atoms with E-state index in [2.05, 4.69) is 33.8 Å². The van der Waals surface area contributed by atoms with Crippen LogP contribution >= 0.6 is 24.0 Å². The lowest BCUT2D eigenvalue weighted by Crippen LogP contribution is -2.43. The minimum atomic E-state index is -0.135. The number of amides is 2. The third-order valence-electron chi connectivity index (χ3n) is 6.68. The monoisotopic (exact) mass is 545 g/mol. The topological polar surface area (TPSA) is 86.7 Å². The molecule has 1 aliphatic heterocycles. The maximum absolute atomic E-state index is 12.8. The van der Waals surface area contributed by atoms with Crippen LogP contribution in [0.15, 0.2) is 53.7 Å². The molecular formula is C24H28IN5O2. The second-order valence-corrected chi connectivity index (χ2v) is 8.44. The number of halogens is 1. The van der Waals surface area contributed by atoms with Crippen molar-refractivity contribution in [2.75, 3.05) is 19.6 Å². The molecule has 8 heteroatoms. The van der Waals surface area contributed by atoms with Gasteiger partial charge < -0.3 is 10.6 Å². The fraction of sp³-hybridized carbons (Fsp3) is 0.417. The number of allylic oxidation sites excluding steroid dienone is 2. The van der Waals surface area contributed by atoms with Crippen LogP contribution in [0, 0.1) is 23.7 Å². The third-order valence-corrected chi connectivity index (χ3v) is 6.68. The number of likely N-dealkylation sites (tertiary alicyclic amines) is 1. The van der Waals surface area contributed by atoms with Crippen molar-refractivity contribution < 1.29 is 9.59 Å². The van der Waals surface area contributed by atoms with E-state index in [0.717, 1.165) is 29.4 Å². The van der Waals surface area contributed by atoms with Crippen molar-refractivity contribution in [1.82, 2.24) is 20.5 Å². The second kappa shape index (κ2) is 9.56. The lowest BCUT2D eigenvalue weighted by Gasteiger charge is -2.18. The maximum Gasteiger partial charge on any atom is 0.233 e. The largest absolute Gasteiger partial charge is 0.357 e. The third kappa shape index (κ3) is 4.00. The first-order valence-electron chi connectivity index (χ1n) is 11.1. The van der Waals surface area contributed by atoms with Gasteiger partial charge in [0.15, 0.2) is 5.96 Å². The van der Waals surface area contributed by atoms with Crippen molar-refractivity contribution in [1.29, 1.82) is 0 Å². The molecule has 0 radical (unpaired) electrons. The van der Waals surface area contributed by atoms with Gasteiger partial charge in [0.1, 0.15) is 0 Å². The van der Waals surface area contributed by atoms with Gasteiger partial charge in [0.25, 0.3) is 0 Å². The van der Waals surface area contributed by atoms with Gasteiger partial charge in [-0.25, -0.2) is 4.99 Å². The van der Waals surface area contributed by atoms with Gasteiger partial charge in [-0.1, -0.05) is 30.4 Å². The summed E-state index contributed by atoms with van der Waals surface area (Å²) in [6, 6.07) is 10.0. The van der Waals surface area contributed by atoms with Crippen molar-refractivity contribution in [3.63, 3.8) is 0 Å². The van der Waals surface area contributed by atoms with E-state index in [-0.39, 0.29) is 59.5 Å². The van der Waals surface area contributed by atoms with Crippen LogP contribution in [0.1, 0.15) is 18.9 Å². The molecule has 2 heterocycles. The Bertz CT molecular complexity index is 1050. The highest BCUT2D eigenvalue weighted by Gasteiger charge is 2.58. The van der Waals surface area contributed by atoms with Gasteiger partial charge in [-0.2, -0.15) is 0 Å². The fourth-order valence-corrected chi connectivity index (χ4v) is 5.27. The van der Waals surface area contributed by atoms with E-state index in [1.54, 1.807) is 6.20 Å². The van der Waals surface area contributed by atoms with Crippen molar-refractivity contribution in [2.45, 2.75) is 19.9 Å². The fourth-order valence-electron chi connectivity index (χ4n) is 5.27. The second-order valence-electron chi connectivity index (χ2n) is 8.44. The van der Waals surface area contributed by atoms with E-state index in [1.807, 2.05) is 31.2 Å². The minimum absolute atomic E-state index is 0. The van der Waals surface area contributed by atoms with Gasteiger partial charge in [0, 0.05) is 31.2 Å². The number of benzene rings is 1. The Morgan fingerprint density at radius 3 is 2.53 bits per heavy atom. The number of carbonyl (C=O) groups excluding carboxylic acids is 2. The Balaban J connectivity index is 0.00000245. The van der Waals surface area contributed by atoms with Gasteiger partial charge in [-0.3, -0.25) is 19.5 Å². The highest BCUT2D eigenvalue weighted by Crippen LogP contribution is 2.52. The van der Waals surface area contributed by atoms with Crippen molar-refractivity contribution >= 4 is 52.7 Å². The molecule has 5 rings (SSSR count). The van der Waals surface area contributed by atoms with Crippen LogP contribution in [0.2, 0.25) is 0 Å². The number of guanidine groups is 1. The van der Waals surface area contributed by atoms with Gasteiger partial charge in [0.2, 0.25) is 11.8 Å². The van der Waals surface area contributed by atoms with Crippen LogP contribution in [-0.2, 0) is 16.1 Å². The SMILES string of the molecule is CCNC(=NCc1ccnc2ccccc12)NCCN1C(=O)C2C3C=CC(C3)C2C1=O.I. The summed E-state index contributed by atoms with van der Waals surface area (Å²) in [7, 11) is 0. The summed E-state index contributed by atoms with van der Waals surface area (Å²) in [5.74, 6) is 0.896. The molecule has 2 amide bonds. The molecule has 2 N–H and O–H groups in total. The molecule has 1 saturated carbocycles. The molecule has 4 atom stereocenters. The number of nitrogens with one attached hydrogen (secondary N) is 2. The molecule has 1 aromatic heterocycles. The zero-order valence-corrected chi connectivity index (χ0v) is 20.4. The Kier molecular flexibility index (Phi) is 6.78. The van der Waals surface area contributed by atoms with Crippen LogP contribution in [0.5, 0.6) is 0 Å². The zero-order chi connectivity index (χ0) is 21.4. The van der Waals surface area contributed by atoms with E-state index in [4.69, 9.17) is 4.99 Å². The number of para-hydroxylation sites is 1. The molecule has 2 fully saturated rings. The van der Waals surface area contributed by atoms with Gasteiger partial charge in [0.05, 0.1) is 23.9 Å². The number of aromatic nitrogens is 1. The molecule has 1 saturated heterocycles. The molecule has 7 nitrogen and oxygen atoms in total. The average Bonchev–Trinajstić information content (AvgIpc) is 3.47. The first kappa shape index (κ1) is 22.7. The molecule has 32 heavy (non-hydrogen) atoms. The first-order valence-corrected chi connectivity index (χ1v) is 11.1. The predicted molar refractivity (Wildman–Crippen MR) is 134 cm³/mol. The van der Waals surface area contributed by atoms with E-state index in [9.17, 15) is 9.59 Å². The Morgan fingerprint density at radius 1 is 1.09 bits per heavy atom. The zero-order valence-electron chi connectivity index (χ0n) is 18.0. The highest BCUT2D eigenvalue weighted by atomic mass is 127. The van der Waals surface area contributed by atoms with Gasteiger partial charge in [-0.15, -0.1) is 24.0 Å². The summed E-state index contributed by atoms with van der Waals surface area (Å²) >= 11 is 0. The van der Waals surface area contributed by atoms with E-state index in [1.165, 1.54) is 4.90 Å². The number of fused-ring (bicyclic) bond motifs is 6. The molecule has 2 bridgehead atoms.